The van der Waals surface area contributed by atoms with Gasteiger partial charge in [0.05, 0.1) is 13.2 Å². The van der Waals surface area contributed by atoms with Crippen LogP contribution in [0.5, 0.6) is 0 Å². The summed E-state index contributed by atoms with van der Waals surface area (Å²) in [6.45, 7) is 1.83. The maximum absolute atomic E-state index is 11.5. The van der Waals surface area contributed by atoms with Gasteiger partial charge in [0, 0.05) is 6.04 Å². The van der Waals surface area contributed by atoms with Crippen LogP contribution in [0.1, 0.15) is 48.0 Å². The number of aliphatic hydroxyl groups is 1. The first-order valence-corrected chi connectivity index (χ1v) is 6.15. The Labute approximate surface area is 106 Å². The average Bonchev–Trinajstić information content (AvgIpc) is 2.65. The molecule has 0 unspecified atom stereocenters. The zero-order valence-electron chi connectivity index (χ0n) is 10.7. The highest BCUT2D eigenvalue weighted by atomic mass is 16.5. The SMILES string of the molecule is COC(=O)c1nc(C)n(C2CCC(O)CC2)c1N. The van der Waals surface area contributed by atoms with Gasteiger partial charge < -0.3 is 20.1 Å². The van der Waals surface area contributed by atoms with E-state index in [0.29, 0.717) is 11.6 Å². The van der Waals surface area contributed by atoms with Crippen molar-refractivity contribution in [2.45, 2.75) is 44.8 Å². The number of aromatic nitrogens is 2. The molecule has 1 aliphatic rings. The van der Waals surface area contributed by atoms with E-state index in [4.69, 9.17) is 5.73 Å². The van der Waals surface area contributed by atoms with Crippen molar-refractivity contribution in [1.82, 2.24) is 9.55 Å². The normalized spacial score (nSPS) is 23.9. The lowest BCUT2D eigenvalue weighted by Crippen LogP contribution is -2.23. The summed E-state index contributed by atoms with van der Waals surface area (Å²) in [7, 11) is 1.31. The van der Waals surface area contributed by atoms with Gasteiger partial charge in [-0.15, -0.1) is 0 Å². The number of methoxy groups -OCH3 is 1. The Morgan fingerprint density at radius 3 is 2.61 bits per heavy atom. The fraction of sp³-hybridized carbons (Fsp3) is 0.667. The summed E-state index contributed by atoms with van der Waals surface area (Å²) in [6, 6.07) is 0.208. The molecule has 0 atom stereocenters. The lowest BCUT2D eigenvalue weighted by Gasteiger charge is -2.28. The number of rotatable bonds is 2. The zero-order valence-corrected chi connectivity index (χ0v) is 10.7. The zero-order chi connectivity index (χ0) is 13.3. The van der Waals surface area contributed by atoms with Gasteiger partial charge in [-0.05, 0) is 32.6 Å². The second kappa shape index (κ2) is 4.97. The van der Waals surface area contributed by atoms with Crippen LogP contribution in [-0.2, 0) is 4.74 Å². The number of carbonyl (C=O) groups is 1. The molecule has 0 bridgehead atoms. The molecule has 0 spiro atoms. The molecule has 6 nitrogen and oxygen atoms in total. The number of nitrogens with two attached hydrogens (primary N) is 1. The summed E-state index contributed by atoms with van der Waals surface area (Å²) >= 11 is 0. The second-order valence-corrected chi connectivity index (χ2v) is 4.72. The molecular formula is C12H19N3O3. The highest BCUT2D eigenvalue weighted by Gasteiger charge is 2.27. The van der Waals surface area contributed by atoms with Crippen molar-refractivity contribution in [3.05, 3.63) is 11.5 Å². The third kappa shape index (κ3) is 2.20. The number of imidazole rings is 1. The summed E-state index contributed by atoms with van der Waals surface area (Å²) in [5.74, 6) is 0.570. The molecule has 18 heavy (non-hydrogen) atoms. The number of aliphatic hydroxyl groups excluding tert-OH is 1. The number of hydrogen-bond donors (Lipinski definition) is 2. The molecule has 0 amide bonds. The van der Waals surface area contributed by atoms with Gasteiger partial charge in [-0.2, -0.15) is 0 Å². The summed E-state index contributed by atoms with van der Waals surface area (Å²) < 4.78 is 6.54. The molecule has 1 aromatic heterocycles. The number of ether oxygens (including phenoxy) is 1. The molecule has 0 saturated heterocycles. The molecule has 1 aliphatic carbocycles. The molecule has 1 saturated carbocycles. The van der Waals surface area contributed by atoms with E-state index in [-0.39, 0.29) is 17.8 Å². The van der Waals surface area contributed by atoms with Gasteiger partial charge in [0.2, 0.25) is 0 Å². The van der Waals surface area contributed by atoms with E-state index in [1.807, 2.05) is 11.5 Å². The second-order valence-electron chi connectivity index (χ2n) is 4.72. The van der Waals surface area contributed by atoms with Crippen molar-refractivity contribution < 1.29 is 14.6 Å². The van der Waals surface area contributed by atoms with Crippen molar-refractivity contribution in [3.8, 4) is 0 Å². The standard InChI is InChI=1S/C12H19N3O3/c1-7-14-10(12(17)18-2)11(13)15(7)8-3-5-9(16)6-4-8/h8-9,16H,3-6,13H2,1-2H3. The van der Waals surface area contributed by atoms with Gasteiger partial charge in [0.1, 0.15) is 11.6 Å². The topological polar surface area (TPSA) is 90.4 Å². The minimum Gasteiger partial charge on any atom is -0.464 e. The predicted molar refractivity (Wildman–Crippen MR) is 66.2 cm³/mol. The average molecular weight is 253 g/mol. The van der Waals surface area contributed by atoms with E-state index in [9.17, 15) is 9.90 Å². The Hall–Kier alpha value is -1.56. The van der Waals surface area contributed by atoms with E-state index < -0.39 is 5.97 Å². The molecule has 100 valence electrons. The highest BCUT2D eigenvalue weighted by Crippen LogP contribution is 2.32. The quantitative estimate of drug-likeness (QED) is 0.768. The number of carbonyl (C=O) groups excluding carboxylic acids is 1. The smallest absolute Gasteiger partial charge is 0.360 e. The lowest BCUT2D eigenvalue weighted by molar-refractivity contribution is 0.0595. The van der Waals surface area contributed by atoms with Crippen LogP contribution in [0.2, 0.25) is 0 Å². The highest BCUT2D eigenvalue weighted by molar-refractivity contribution is 5.92. The Morgan fingerprint density at radius 1 is 1.44 bits per heavy atom. The molecule has 2 rings (SSSR count). The van der Waals surface area contributed by atoms with E-state index in [1.54, 1.807) is 0 Å². The largest absolute Gasteiger partial charge is 0.464 e. The van der Waals surface area contributed by atoms with Crippen molar-refractivity contribution >= 4 is 11.8 Å². The summed E-state index contributed by atoms with van der Waals surface area (Å²) in [5, 5.41) is 9.51. The Morgan fingerprint density at radius 2 is 2.06 bits per heavy atom. The van der Waals surface area contributed by atoms with E-state index in [2.05, 4.69) is 9.72 Å². The van der Waals surface area contributed by atoms with Crippen LogP contribution in [0.4, 0.5) is 5.82 Å². The number of nitrogens with zero attached hydrogens (tertiary/aromatic N) is 2. The summed E-state index contributed by atoms with van der Waals surface area (Å²) in [5.41, 5.74) is 6.16. The van der Waals surface area contributed by atoms with Gasteiger partial charge in [-0.25, -0.2) is 9.78 Å². The molecule has 0 aliphatic heterocycles. The summed E-state index contributed by atoms with van der Waals surface area (Å²) in [6.07, 6.45) is 3.00. The van der Waals surface area contributed by atoms with Crippen LogP contribution < -0.4 is 5.73 Å². The van der Waals surface area contributed by atoms with Crippen LogP contribution in [0, 0.1) is 6.92 Å². The molecule has 3 N–H and O–H groups in total. The fourth-order valence-electron chi connectivity index (χ4n) is 2.59. The lowest BCUT2D eigenvalue weighted by atomic mass is 9.93. The van der Waals surface area contributed by atoms with Gasteiger partial charge in [-0.3, -0.25) is 0 Å². The third-order valence-electron chi connectivity index (χ3n) is 3.53. The van der Waals surface area contributed by atoms with Crippen molar-refractivity contribution in [2.24, 2.45) is 0 Å². The summed E-state index contributed by atoms with van der Waals surface area (Å²) in [4.78, 5) is 15.7. The number of nitrogen functional groups attached to an aromatic ring is 1. The minimum absolute atomic E-state index is 0.182. The molecule has 0 radical (unpaired) electrons. The van der Waals surface area contributed by atoms with Crippen LogP contribution >= 0.6 is 0 Å². The van der Waals surface area contributed by atoms with Crippen LogP contribution in [0.25, 0.3) is 0 Å². The number of hydrogen-bond acceptors (Lipinski definition) is 5. The van der Waals surface area contributed by atoms with E-state index in [0.717, 1.165) is 25.7 Å². The van der Waals surface area contributed by atoms with Gasteiger partial charge in [0.15, 0.2) is 5.69 Å². The Bertz CT molecular complexity index is 448. The van der Waals surface area contributed by atoms with E-state index in [1.165, 1.54) is 7.11 Å². The maximum atomic E-state index is 11.5. The van der Waals surface area contributed by atoms with Crippen LogP contribution in [-0.4, -0.2) is 33.8 Å². The molecule has 6 heteroatoms. The maximum Gasteiger partial charge on any atom is 0.360 e. The molecule has 0 aromatic carbocycles. The third-order valence-corrected chi connectivity index (χ3v) is 3.53. The first kappa shape index (κ1) is 12.9. The van der Waals surface area contributed by atoms with Gasteiger partial charge >= 0.3 is 5.97 Å². The molecule has 1 heterocycles. The van der Waals surface area contributed by atoms with Crippen molar-refractivity contribution in [2.75, 3.05) is 12.8 Å². The fourth-order valence-corrected chi connectivity index (χ4v) is 2.59. The first-order valence-electron chi connectivity index (χ1n) is 6.15. The first-order chi connectivity index (χ1) is 8.54. The minimum atomic E-state index is -0.509. The van der Waals surface area contributed by atoms with Gasteiger partial charge in [0.25, 0.3) is 0 Å². The Balaban J connectivity index is 2.28. The number of esters is 1. The molecule has 1 fully saturated rings. The molecule has 1 aromatic rings. The monoisotopic (exact) mass is 253 g/mol. The number of aryl methyl sites for hydroxylation is 1. The van der Waals surface area contributed by atoms with Crippen molar-refractivity contribution in [1.29, 1.82) is 0 Å². The Kier molecular flexibility index (Phi) is 3.56. The van der Waals surface area contributed by atoms with Crippen LogP contribution in [0.15, 0.2) is 0 Å². The van der Waals surface area contributed by atoms with Crippen molar-refractivity contribution in [3.63, 3.8) is 0 Å². The van der Waals surface area contributed by atoms with Crippen LogP contribution in [0.3, 0.4) is 0 Å². The predicted octanol–water partition coefficient (Wildman–Crippen LogP) is 1.04. The molecular weight excluding hydrogens is 234 g/mol. The van der Waals surface area contributed by atoms with E-state index >= 15 is 0 Å². The van der Waals surface area contributed by atoms with Gasteiger partial charge in [-0.1, -0.05) is 0 Å². The number of anilines is 1.